The van der Waals surface area contributed by atoms with Crippen molar-refractivity contribution in [3.05, 3.63) is 46.2 Å². The molecule has 0 amide bonds. The van der Waals surface area contributed by atoms with Gasteiger partial charge in [-0.25, -0.2) is 4.79 Å². The second-order valence-electron chi connectivity index (χ2n) is 6.78. The molecule has 0 fully saturated rings. The zero-order valence-corrected chi connectivity index (χ0v) is 14.5. The maximum Gasteiger partial charge on any atom is 0.343 e. The third kappa shape index (κ3) is 3.24. The van der Waals surface area contributed by atoms with Gasteiger partial charge in [-0.05, 0) is 23.6 Å². The van der Waals surface area contributed by atoms with Crippen molar-refractivity contribution >= 4 is 17.6 Å². The summed E-state index contributed by atoms with van der Waals surface area (Å²) in [6.07, 6.45) is 0.0680. The molecule has 0 spiro atoms. The van der Waals surface area contributed by atoms with Gasteiger partial charge in [-0.15, -0.1) is 0 Å². The maximum absolute atomic E-state index is 12.5. The lowest BCUT2D eigenvalue weighted by atomic mass is 9.91. The summed E-state index contributed by atoms with van der Waals surface area (Å²) in [7, 11) is 0. The highest BCUT2D eigenvalue weighted by Crippen LogP contribution is 2.43. The van der Waals surface area contributed by atoms with Gasteiger partial charge in [0.05, 0.1) is 6.10 Å². The fourth-order valence-electron chi connectivity index (χ4n) is 2.92. The molecule has 0 aliphatic carbocycles. The summed E-state index contributed by atoms with van der Waals surface area (Å²) in [5.74, 6) is -0.336. The summed E-state index contributed by atoms with van der Waals surface area (Å²) in [6, 6.07) is 7.32. The van der Waals surface area contributed by atoms with E-state index >= 15 is 0 Å². The summed E-state index contributed by atoms with van der Waals surface area (Å²) in [5, 5.41) is 0.641. The van der Waals surface area contributed by atoms with Crippen LogP contribution in [0.5, 0.6) is 0 Å². The highest BCUT2D eigenvalue weighted by atomic mass is 35.5. The number of cyclic esters (lactones) is 1. The maximum atomic E-state index is 12.5. The number of carbonyl (C=O) groups is 1. The van der Waals surface area contributed by atoms with Crippen LogP contribution in [0.1, 0.15) is 45.8 Å². The first-order valence-electron chi connectivity index (χ1n) is 7.83. The van der Waals surface area contributed by atoms with Gasteiger partial charge in [0.2, 0.25) is 5.79 Å². The van der Waals surface area contributed by atoms with Crippen LogP contribution in [0.4, 0.5) is 0 Å². The van der Waals surface area contributed by atoms with Gasteiger partial charge in [-0.1, -0.05) is 37.6 Å². The van der Waals surface area contributed by atoms with Crippen molar-refractivity contribution in [2.45, 2.75) is 52.1 Å². The normalized spacial score (nSPS) is 26.6. The Labute approximate surface area is 141 Å². The standard InChI is InChI=1S/C18H21ClO4/c1-10(2)13-9-14-15(17(20)23-18(3,4)22-14)16(21-13)11-5-7-12(19)8-6-11/h5-8,10,13,16H,9H2,1-4H3. The van der Waals surface area contributed by atoms with Gasteiger partial charge in [-0.3, -0.25) is 0 Å². The van der Waals surface area contributed by atoms with E-state index in [2.05, 4.69) is 13.8 Å². The molecule has 0 saturated heterocycles. The topological polar surface area (TPSA) is 44.8 Å². The Hall–Kier alpha value is -1.52. The minimum absolute atomic E-state index is 0.0175. The van der Waals surface area contributed by atoms with Gasteiger partial charge >= 0.3 is 5.97 Å². The molecule has 1 aromatic rings. The molecule has 23 heavy (non-hydrogen) atoms. The van der Waals surface area contributed by atoms with E-state index in [9.17, 15) is 4.79 Å². The lowest BCUT2D eigenvalue weighted by molar-refractivity contribution is -0.218. The monoisotopic (exact) mass is 336 g/mol. The van der Waals surface area contributed by atoms with Crippen molar-refractivity contribution in [1.82, 2.24) is 0 Å². The second kappa shape index (κ2) is 5.84. The van der Waals surface area contributed by atoms with Crippen LogP contribution in [0, 0.1) is 5.92 Å². The molecule has 0 bridgehead atoms. The van der Waals surface area contributed by atoms with Crippen LogP contribution in [0.25, 0.3) is 0 Å². The van der Waals surface area contributed by atoms with Gasteiger partial charge in [0.25, 0.3) is 0 Å². The summed E-state index contributed by atoms with van der Waals surface area (Å²) in [4.78, 5) is 12.5. The number of hydrogen-bond donors (Lipinski definition) is 0. The number of rotatable bonds is 2. The van der Waals surface area contributed by atoms with Gasteiger partial charge in [0.1, 0.15) is 17.4 Å². The summed E-state index contributed by atoms with van der Waals surface area (Å²) in [5.41, 5.74) is 1.33. The van der Waals surface area contributed by atoms with Crippen molar-refractivity contribution in [2.75, 3.05) is 0 Å². The Balaban J connectivity index is 2.05. The number of carbonyl (C=O) groups excluding carboxylic acids is 1. The molecule has 5 heteroatoms. The molecule has 2 atom stereocenters. The van der Waals surface area contributed by atoms with Gasteiger partial charge in [0, 0.05) is 25.3 Å². The molecular formula is C18H21ClO4. The fraction of sp³-hybridized carbons (Fsp3) is 0.500. The van der Waals surface area contributed by atoms with Crippen molar-refractivity contribution in [1.29, 1.82) is 0 Å². The van der Waals surface area contributed by atoms with E-state index in [1.165, 1.54) is 0 Å². The second-order valence-corrected chi connectivity index (χ2v) is 7.22. The average Bonchev–Trinajstić information content (AvgIpc) is 2.45. The van der Waals surface area contributed by atoms with Crippen LogP contribution in [0.3, 0.4) is 0 Å². The predicted molar refractivity (Wildman–Crippen MR) is 86.8 cm³/mol. The van der Waals surface area contributed by atoms with Crippen LogP contribution in [0.15, 0.2) is 35.6 Å². The smallest absolute Gasteiger partial charge is 0.343 e. The van der Waals surface area contributed by atoms with E-state index in [0.717, 1.165) is 5.56 Å². The molecule has 2 unspecified atom stereocenters. The van der Waals surface area contributed by atoms with Crippen LogP contribution >= 0.6 is 11.6 Å². The Kier molecular flexibility index (Phi) is 4.15. The quantitative estimate of drug-likeness (QED) is 0.751. The minimum Gasteiger partial charge on any atom is -0.456 e. The number of ether oxygens (including phenoxy) is 3. The number of esters is 1. The minimum atomic E-state index is -0.945. The molecular weight excluding hydrogens is 316 g/mol. The van der Waals surface area contributed by atoms with Crippen molar-refractivity contribution in [3.8, 4) is 0 Å². The van der Waals surface area contributed by atoms with Crippen molar-refractivity contribution in [3.63, 3.8) is 0 Å². The lowest BCUT2D eigenvalue weighted by Gasteiger charge is -2.41. The van der Waals surface area contributed by atoms with Gasteiger partial charge in [-0.2, -0.15) is 0 Å². The van der Waals surface area contributed by atoms with E-state index in [0.29, 0.717) is 28.7 Å². The molecule has 1 aromatic carbocycles. The summed E-state index contributed by atoms with van der Waals surface area (Å²) < 4.78 is 17.5. The van der Waals surface area contributed by atoms with E-state index in [4.69, 9.17) is 25.8 Å². The largest absolute Gasteiger partial charge is 0.456 e. The molecule has 2 aliphatic rings. The van der Waals surface area contributed by atoms with E-state index < -0.39 is 11.9 Å². The summed E-state index contributed by atoms with van der Waals surface area (Å²) in [6.45, 7) is 7.68. The Morgan fingerprint density at radius 2 is 1.83 bits per heavy atom. The van der Waals surface area contributed by atoms with Crippen LogP contribution in [-0.4, -0.2) is 17.9 Å². The van der Waals surface area contributed by atoms with Crippen molar-refractivity contribution in [2.24, 2.45) is 5.92 Å². The SMILES string of the molecule is CC(C)C1CC2=C(C(=O)OC(C)(C)O2)C(c2ccc(Cl)cc2)O1. The molecule has 0 saturated carbocycles. The third-order valence-corrected chi connectivity index (χ3v) is 4.36. The summed E-state index contributed by atoms with van der Waals surface area (Å²) >= 11 is 5.96. The number of benzene rings is 1. The molecule has 4 nitrogen and oxygen atoms in total. The average molecular weight is 337 g/mol. The Morgan fingerprint density at radius 1 is 1.17 bits per heavy atom. The van der Waals surface area contributed by atoms with E-state index in [1.54, 1.807) is 26.0 Å². The first-order chi connectivity index (χ1) is 10.8. The lowest BCUT2D eigenvalue weighted by Crippen LogP contribution is -2.43. The Morgan fingerprint density at radius 3 is 2.43 bits per heavy atom. The molecule has 2 aliphatic heterocycles. The number of halogens is 1. The first kappa shape index (κ1) is 16.3. The molecule has 3 rings (SSSR count). The van der Waals surface area contributed by atoms with Crippen LogP contribution < -0.4 is 0 Å². The zero-order valence-electron chi connectivity index (χ0n) is 13.8. The van der Waals surface area contributed by atoms with Crippen molar-refractivity contribution < 1.29 is 19.0 Å². The zero-order chi connectivity index (χ0) is 16.8. The first-order valence-corrected chi connectivity index (χ1v) is 8.21. The van der Waals surface area contributed by atoms with Gasteiger partial charge in [0.15, 0.2) is 0 Å². The van der Waals surface area contributed by atoms with Crippen LogP contribution in [-0.2, 0) is 19.0 Å². The van der Waals surface area contributed by atoms with E-state index in [1.807, 2.05) is 12.1 Å². The predicted octanol–water partition coefficient (Wildman–Crippen LogP) is 4.39. The molecule has 0 aromatic heterocycles. The molecule has 0 N–H and O–H groups in total. The Bertz CT molecular complexity index is 645. The van der Waals surface area contributed by atoms with Gasteiger partial charge < -0.3 is 14.2 Å². The highest BCUT2D eigenvalue weighted by molar-refractivity contribution is 6.30. The molecule has 2 heterocycles. The van der Waals surface area contributed by atoms with Crippen LogP contribution in [0.2, 0.25) is 5.02 Å². The fourth-order valence-corrected chi connectivity index (χ4v) is 3.04. The van der Waals surface area contributed by atoms with E-state index in [-0.39, 0.29) is 12.1 Å². The number of hydrogen-bond acceptors (Lipinski definition) is 4. The molecule has 0 radical (unpaired) electrons. The molecule has 124 valence electrons. The third-order valence-electron chi connectivity index (χ3n) is 4.10. The highest BCUT2D eigenvalue weighted by Gasteiger charge is 2.44.